The summed E-state index contributed by atoms with van der Waals surface area (Å²) in [6, 6.07) is 23.4. The summed E-state index contributed by atoms with van der Waals surface area (Å²) in [5.41, 5.74) is 3.25. The molecular formula is C26H20N2O3S. The Morgan fingerprint density at radius 2 is 1.69 bits per heavy atom. The number of amides is 1. The lowest BCUT2D eigenvalue weighted by molar-refractivity contribution is -0.132. The van der Waals surface area contributed by atoms with E-state index in [4.69, 9.17) is 0 Å². The van der Waals surface area contributed by atoms with Gasteiger partial charge in [-0.2, -0.15) is 0 Å². The van der Waals surface area contributed by atoms with Gasteiger partial charge in [-0.1, -0.05) is 85.0 Å². The standard InChI is InChI=1S/C26H20N2O3S/c1-2-16-13-14-19-20(15-16)32-26(27-19)28-22(17-9-5-3-6-10-17)21(24(30)25(28)31)23(29)18-11-7-4-8-12-18/h3-15,22,29H,2H2,1H3/t22-/m0/s1. The normalized spacial score (nSPS) is 17.9. The number of hydrogen-bond donors (Lipinski definition) is 1. The summed E-state index contributed by atoms with van der Waals surface area (Å²) in [6.45, 7) is 2.08. The van der Waals surface area contributed by atoms with Crippen LogP contribution in [0.1, 0.15) is 29.7 Å². The van der Waals surface area contributed by atoms with Gasteiger partial charge in [0.15, 0.2) is 5.13 Å². The Morgan fingerprint density at radius 1 is 1.00 bits per heavy atom. The molecule has 5 rings (SSSR count). The van der Waals surface area contributed by atoms with E-state index in [0.29, 0.717) is 10.7 Å². The van der Waals surface area contributed by atoms with Gasteiger partial charge < -0.3 is 5.11 Å². The number of aromatic nitrogens is 1. The van der Waals surface area contributed by atoms with E-state index in [1.54, 1.807) is 24.3 Å². The molecule has 1 saturated heterocycles. The number of aliphatic hydroxyl groups is 1. The van der Waals surface area contributed by atoms with Crippen LogP contribution in [0.25, 0.3) is 16.0 Å². The van der Waals surface area contributed by atoms with Gasteiger partial charge in [0.1, 0.15) is 5.76 Å². The molecule has 0 bridgehead atoms. The minimum Gasteiger partial charge on any atom is -0.507 e. The van der Waals surface area contributed by atoms with E-state index >= 15 is 0 Å². The number of thiazole rings is 1. The SMILES string of the molecule is CCc1ccc2nc(N3C(=O)C(=O)C(=C(O)c4ccccc4)[C@@H]3c3ccccc3)sc2c1. The fraction of sp³-hybridized carbons (Fsp3) is 0.115. The molecule has 0 saturated carbocycles. The molecule has 1 fully saturated rings. The van der Waals surface area contributed by atoms with Crippen molar-refractivity contribution >= 4 is 44.1 Å². The van der Waals surface area contributed by atoms with Crippen molar-refractivity contribution in [1.29, 1.82) is 0 Å². The van der Waals surface area contributed by atoms with E-state index in [1.807, 2.05) is 48.5 Å². The Balaban J connectivity index is 1.71. The Morgan fingerprint density at radius 3 is 2.38 bits per heavy atom. The molecule has 4 aromatic rings. The summed E-state index contributed by atoms with van der Waals surface area (Å²) in [4.78, 5) is 32.5. The highest BCUT2D eigenvalue weighted by molar-refractivity contribution is 7.22. The van der Waals surface area contributed by atoms with E-state index in [2.05, 4.69) is 18.0 Å². The quantitative estimate of drug-likeness (QED) is 0.259. The lowest BCUT2D eigenvalue weighted by Gasteiger charge is -2.22. The van der Waals surface area contributed by atoms with Gasteiger partial charge in [-0.3, -0.25) is 14.5 Å². The molecule has 5 nitrogen and oxygen atoms in total. The van der Waals surface area contributed by atoms with Gasteiger partial charge in [0.2, 0.25) is 0 Å². The average molecular weight is 441 g/mol. The number of Topliss-reactive ketones (excluding diaryl/α,β-unsaturated/α-hetero) is 1. The lowest BCUT2D eigenvalue weighted by Crippen LogP contribution is -2.29. The monoisotopic (exact) mass is 440 g/mol. The van der Waals surface area contributed by atoms with Crippen LogP contribution < -0.4 is 4.90 Å². The van der Waals surface area contributed by atoms with Crippen molar-refractivity contribution in [2.45, 2.75) is 19.4 Å². The van der Waals surface area contributed by atoms with Crippen molar-refractivity contribution in [3.63, 3.8) is 0 Å². The molecule has 0 radical (unpaired) electrons. The first-order valence-electron chi connectivity index (χ1n) is 10.4. The Hall–Kier alpha value is -3.77. The molecule has 1 amide bonds. The van der Waals surface area contributed by atoms with Crippen molar-refractivity contribution < 1.29 is 14.7 Å². The fourth-order valence-corrected chi connectivity index (χ4v) is 5.07. The van der Waals surface area contributed by atoms with Gasteiger partial charge in [0, 0.05) is 5.56 Å². The average Bonchev–Trinajstić information content (AvgIpc) is 3.37. The number of ketones is 1. The maximum Gasteiger partial charge on any atom is 0.301 e. The number of anilines is 1. The minimum absolute atomic E-state index is 0.0703. The Kier molecular flexibility index (Phi) is 5.07. The second-order valence-electron chi connectivity index (χ2n) is 7.60. The Bertz CT molecular complexity index is 1360. The summed E-state index contributed by atoms with van der Waals surface area (Å²) < 4.78 is 0.955. The zero-order valence-electron chi connectivity index (χ0n) is 17.4. The second-order valence-corrected chi connectivity index (χ2v) is 8.61. The molecule has 2 heterocycles. The van der Waals surface area contributed by atoms with Crippen molar-refractivity contribution in [1.82, 2.24) is 4.98 Å². The highest BCUT2D eigenvalue weighted by Crippen LogP contribution is 2.44. The minimum atomic E-state index is -0.761. The summed E-state index contributed by atoms with van der Waals surface area (Å²) >= 11 is 1.38. The van der Waals surface area contributed by atoms with Crippen molar-refractivity contribution in [3.05, 3.63) is 101 Å². The molecule has 0 spiro atoms. The molecule has 1 aliphatic rings. The molecule has 0 unspecified atom stereocenters. The van der Waals surface area contributed by atoms with Crippen molar-refractivity contribution in [2.24, 2.45) is 0 Å². The summed E-state index contributed by atoms with van der Waals surface area (Å²) in [5.74, 6) is -1.59. The van der Waals surface area contributed by atoms with Gasteiger partial charge >= 0.3 is 5.91 Å². The van der Waals surface area contributed by atoms with Crippen LogP contribution in [0.15, 0.2) is 84.4 Å². The smallest absolute Gasteiger partial charge is 0.301 e. The zero-order valence-corrected chi connectivity index (χ0v) is 18.2. The van der Waals surface area contributed by atoms with Crippen molar-refractivity contribution in [2.75, 3.05) is 4.90 Å². The lowest BCUT2D eigenvalue weighted by atomic mass is 9.95. The van der Waals surface area contributed by atoms with Crippen LogP contribution in [0.4, 0.5) is 5.13 Å². The number of hydrogen-bond acceptors (Lipinski definition) is 5. The largest absolute Gasteiger partial charge is 0.507 e. The van der Waals surface area contributed by atoms with Crippen LogP contribution in [-0.2, 0) is 16.0 Å². The molecule has 158 valence electrons. The third kappa shape index (κ3) is 3.29. The van der Waals surface area contributed by atoms with E-state index in [0.717, 1.165) is 22.2 Å². The van der Waals surface area contributed by atoms with E-state index in [1.165, 1.54) is 21.8 Å². The Labute approximate surface area is 189 Å². The fourth-order valence-electron chi connectivity index (χ4n) is 4.01. The highest BCUT2D eigenvalue weighted by Gasteiger charge is 2.48. The summed E-state index contributed by atoms with van der Waals surface area (Å²) in [5, 5.41) is 11.5. The molecule has 1 atom stereocenters. The third-order valence-electron chi connectivity index (χ3n) is 5.66. The molecule has 1 aliphatic heterocycles. The third-order valence-corrected chi connectivity index (χ3v) is 6.68. The molecule has 3 aromatic carbocycles. The maximum absolute atomic E-state index is 13.2. The number of rotatable bonds is 4. The predicted octanol–water partition coefficient (Wildman–Crippen LogP) is 5.49. The highest BCUT2D eigenvalue weighted by atomic mass is 32.1. The number of benzene rings is 3. The van der Waals surface area contributed by atoms with Crippen molar-refractivity contribution in [3.8, 4) is 0 Å². The first-order chi connectivity index (χ1) is 15.6. The van der Waals surface area contributed by atoms with Gasteiger partial charge in [0.25, 0.3) is 5.78 Å². The zero-order chi connectivity index (χ0) is 22.2. The first kappa shape index (κ1) is 20.2. The van der Waals surface area contributed by atoms with Crippen LogP contribution in [-0.4, -0.2) is 21.8 Å². The molecule has 0 aliphatic carbocycles. The van der Waals surface area contributed by atoms with Crippen LogP contribution in [0.2, 0.25) is 0 Å². The molecule has 1 aromatic heterocycles. The van der Waals surface area contributed by atoms with Crippen LogP contribution in [0.5, 0.6) is 0 Å². The number of carbonyl (C=O) groups is 2. The summed E-state index contributed by atoms with van der Waals surface area (Å²) in [7, 11) is 0. The number of nitrogens with zero attached hydrogens (tertiary/aromatic N) is 2. The van der Waals surface area contributed by atoms with Crippen LogP contribution in [0, 0.1) is 0 Å². The molecule has 6 heteroatoms. The number of aryl methyl sites for hydroxylation is 1. The van der Waals surface area contributed by atoms with Gasteiger partial charge in [-0.25, -0.2) is 4.98 Å². The number of carbonyl (C=O) groups excluding carboxylic acids is 2. The predicted molar refractivity (Wildman–Crippen MR) is 127 cm³/mol. The number of aliphatic hydroxyl groups excluding tert-OH is 1. The topological polar surface area (TPSA) is 70.5 Å². The molecule has 32 heavy (non-hydrogen) atoms. The van der Waals surface area contributed by atoms with Crippen LogP contribution >= 0.6 is 11.3 Å². The van der Waals surface area contributed by atoms with Gasteiger partial charge in [-0.15, -0.1) is 0 Å². The van der Waals surface area contributed by atoms with E-state index in [9.17, 15) is 14.7 Å². The van der Waals surface area contributed by atoms with E-state index < -0.39 is 17.7 Å². The summed E-state index contributed by atoms with van der Waals surface area (Å²) in [6.07, 6.45) is 0.898. The second kappa shape index (κ2) is 8.05. The first-order valence-corrected chi connectivity index (χ1v) is 11.2. The number of fused-ring (bicyclic) bond motifs is 1. The van der Waals surface area contributed by atoms with Crippen LogP contribution in [0.3, 0.4) is 0 Å². The van der Waals surface area contributed by atoms with Gasteiger partial charge in [-0.05, 0) is 29.7 Å². The molecule has 1 N–H and O–H groups in total. The molecular weight excluding hydrogens is 420 g/mol. The van der Waals surface area contributed by atoms with Gasteiger partial charge in [0.05, 0.1) is 21.8 Å². The van der Waals surface area contributed by atoms with E-state index in [-0.39, 0.29) is 11.3 Å². The maximum atomic E-state index is 13.2.